The van der Waals surface area contributed by atoms with Gasteiger partial charge in [0.25, 0.3) is 0 Å². The first-order valence-electron chi connectivity index (χ1n) is 11.7. The predicted molar refractivity (Wildman–Crippen MR) is 132 cm³/mol. The van der Waals surface area contributed by atoms with Crippen molar-refractivity contribution in [3.05, 3.63) is 58.0 Å². The fourth-order valence-electron chi connectivity index (χ4n) is 4.77. The van der Waals surface area contributed by atoms with E-state index in [1.807, 2.05) is 36.9 Å². The number of amides is 1. The largest absolute Gasteiger partial charge is 0.316 e. The van der Waals surface area contributed by atoms with Crippen LogP contribution in [0, 0.1) is 20.8 Å². The van der Waals surface area contributed by atoms with Crippen molar-refractivity contribution in [2.75, 3.05) is 29.9 Å². The molecule has 0 spiro atoms. The second-order valence-corrected chi connectivity index (χ2v) is 10.1. The maximum Gasteiger partial charge on any atom is 0.241 e. The Balaban J connectivity index is 1.35. The van der Waals surface area contributed by atoms with Gasteiger partial charge in [0.2, 0.25) is 5.91 Å². The number of anilines is 3. The monoisotopic (exact) mass is 462 g/mol. The number of nitrogens with one attached hydrogen (secondary N) is 1. The smallest absolute Gasteiger partial charge is 0.241 e. The van der Waals surface area contributed by atoms with Gasteiger partial charge >= 0.3 is 0 Å². The van der Waals surface area contributed by atoms with Gasteiger partial charge in [0.15, 0.2) is 5.13 Å². The summed E-state index contributed by atoms with van der Waals surface area (Å²) in [6.07, 6.45) is 4.10. The highest BCUT2D eigenvalue weighted by Gasteiger charge is 2.31. The van der Waals surface area contributed by atoms with Crippen molar-refractivity contribution in [2.45, 2.75) is 52.5 Å². The van der Waals surface area contributed by atoms with E-state index in [0.717, 1.165) is 72.6 Å². The van der Waals surface area contributed by atoms with Crippen LogP contribution < -0.4 is 10.2 Å². The molecular weight excluding hydrogens is 432 g/mol. The molecule has 1 aromatic carbocycles. The molecule has 1 saturated heterocycles. The van der Waals surface area contributed by atoms with E-state index in [0.29, 0.717) is 6.54 Å². The van der Waals surface area contributed by atoms with Crippen LogP contribution in [0.3, 0.4) is 0 Å². The van der Waals surface area contributed by atoms with Gasteiger partial charge < -0.3 is 10.2 Å². The number of nitrogens with zero attached hydrogens (tertiary/aromatic N) is 5. The number of carbonyl (C=O) groups is 1. The standard InChI is InChI=1S/C25H30N6OS/c1-16-14-22(29-25-27-17(2)18(3)33-25)28-24(26-16)21-10-6-7-12-30(21)15-23(32)31-13-11-19-8-4-5-9-20(19)31/h4-5,8-9,14,21H,6-7,10-13,15H2,1-3H3,(H,26,27,28,29). The molecule has 1 atom stereocenters. The number of benzene rings is 1. The summed E-state index contributed by atoms with van der Waals surface area (Å²) in [7, 11) is 0. The highest BCUT2D eigenvalue weighted by atomic mass is 32.1. The summed E-state index contributed by atoms with van der Waals surface area (Å²) in [6.45, 7) is 8.13. The normalized spacial score (nSPS) is 18.4. The Labute approximate surface area is 198 Å². The Kier molecular flexibility index (Phi) is 6.12. The molecule has 0 bridgehead atoms. The molecule has 2 aliphatic heterocycles. The fraction of sp³-hybridized carbons (Fsp3) is 0.440. The molecule has 0 radical (unpaired) electrons. The fourth-order valence-corrected chi connectivity index (χ4v) is 5.59. The van der Waals surface area contributed by atoms with E-state index in [1.165, 1.54) is 10.4 Å². The molecule has 1 N–H and O–H groups in total. The maximum atomic E-state index is 13.3. The van der Waals surface area contributed by atoms with Crippen molar-refractivity contribution in [2.24, 2.45) is 0 Å². The van der Waals surface area contributed by atoms with E-state index in [9.17, 15) is 4.79 Å². The van der Waals surface area contributed by atoms with Crippen LogP contribution in [0.2, 0.25) is 0 Å². The first-order chi connectivity index (χ1) is 16.0. The molecular formula is C25H30N6OS. The average molecular weight is 463 g/mol. The number of piperidine rings is 1. The first kappa shape index (κ1) is 22.0. The lowest BCUT2D eigenvalue weighted by Crippen LogP contribution is -2.43. The van der Waals surface area contributed by atoms with Crippen LogP contribution in [0.4, 0.5) is 16.6 Å². The number of carbonyl (C=O) groups excluding carboxylic acids is 1. The molecule has 1 amide bonds. The number of likely N-dealkylation sites (tertiary alicyclic amines) is 1. The number of para-hydroxylation sites is 1. The summed E-state index contributed by atoms with van der Waals surface area (Å²) < 4.78 is 0. The van der Waals surface area contributed by atoms with E-state index in [4.69, 9.17) is 9.97 Å². The zero-order valence-corrected chi connectivity index (χ0v) is 20.3. The van der Waals surface area contributed by atoms with Crippen molar-refractivity contribution in [1.82, 2.24) is 19.9 Å². The predicted octanol–water partition coefficient (Wildman–Crippen LogP) is 4.72. The summed E-state index contributed by atoms with van der Waals surface area (Å²) >= 11 is 1.63. The van der Waals surface area contributed by atoms with E-state index >= 15 is 0 Å². The molecule has 33 heavy (non-hydrogen) atoms. The van der Waals surface area contributed by atoms with Gasteiger partial charge in [-0.3, -0.25) is 9.69 Å². The summed E-state index contributed by atoms with van der Waals surface area (Å²) in [5, 5.41) is 4.20. The zero-order chi connectivity index (χ0) is 22.9. The Bertz CT molecular complexity index is 1160. The van der Waals surface area contributed by atoms with E-state index in [1.54, 1.807) is 11.3 Å². The van der Waals surface area contributed by atoms with Gasteiger partial charge in [0.05, 0.1) is 18.3 Å². The summed E-state index contributed by atoms with van der Waals surface area (Å²) in [4.78, 5) is 32.9. The minimum Gasteiger partial charge on any atom is -0.316 e. The lowest BCUT2D eigenvalue weighted by Gasteiger charge is -2.35. The van der Waals surface area contributed by atoms with Crippen LogP contribution in [-0.4, -0.2) is 45.4 Å². The van der Waals surface area contributed by atoms with E-state index < -0.39 is 0 Å². The molecule has 1 fully saturated rings. The number of fused-ring (bicyclic) bond motifs is 1. The van der Waals surface area contributed by atoms with Gasteiger partial charge in [0.1, 0.15) is 11.6 Å². The molecule has 4 heterocycles. The minimum atomic E-state index is 0.0424. The second kappa shape index (κ2) is 9.19. The van der Waals surface area contributed by atoms with Gasteiger partial charge in [0, 0.05) is 28.9 Å². The van der Waals surface area contributed by atoms with Gasteiger partial charge in [-0.2, -0.15) is 0 Å². The third kappa shape index (κ3) is 4.63. The highest BCUT2D eigenvalue weighted by Crippen LogP contribution is 2.32. The summed E-state index contributed by atoms with van der Waals surface area (Å²) in [6, 6.07) is 10.2. The first-order valence-corrected chi connectivity index (χ1v) is 12.5. The SMILES string of the molecule is Cc1cc(Nc2nc(C)c(C)s2)nc(C2CCCCN2CC(=O)N2CCc3ccccc32)n1. The van der Waals surface area contributed by atoms with Gasteiger partial charge in [-0.25, -0.2) is 15.0 Å². The van der Waals surface area contributed by atoms with Crippen LogP contribution in [0.1, 0.15) is 53.0 Å². The minimum absolute atomic E-state index is 0.0424. The third-order valence-electron chi connectivity index (χ3n) is 6.57. The number of rotatable bonds is 5. The molecule has 1 unspecified atom stereocenters. The Morgan fingerprint density at radius 3 is 2.79 bits per heavy atom. The molecule has 8 heteroatoms. The van der Waals surface area contributed by atoms with Crippen molar-refractivity contribution in [1.29, 1.82) is 0 Å². The molecule has 3 aromatic rings. The van der Waals surface area contributed by atoms with Crippen LogP contribution in [0.15, 0.2) is 30.3 Å². The Morgan fingerprint density at radius 1 is 1.12 bits per heavy atom. The van der Waals surface area contributed by atoms with Crippen LogP contribution in [0.25, 0.3) is 0 Å². The van der Waals surface area contributed by atoms with Crippen molar-refractivity contribution in [3.63, 3.8) is 0 Å². The lowest BCUT2D eigenvalue weighted by atomic mass is 10.0. The molecule has 5 rings (SSSR count). The quantitative estimate of drug-likeness (QED) is 0.592. The number of hydrogen-bond donors (Lipinski definition) is 1. The van der Waals surface area contributed by atoms with Crippen molar-refractivity contribution in [3.8, 4) is 0 Å². The van der Waals surface area contributed by atoms with Crippen molar-refractivity contribution >= 4 is 33.9 Å². The van der Waals surface area contributed by atoms with Crippen LogP contribution >= 0.6 is 11.3 Å². The van der Waals surface area contributed by atoms with E-state index in [-0.39, 0.29) is 11.9 Å². The molecule has 2 aliphatic rings. The highest BCUT2D eigenvalue weighted by molar-refractivity contribution is 7.15. The number of thiazole rings is 1. The average Bonchev–Trinajstić information content (AvgIpc) is 3.36. The lowest BCUT2D eigenvalue weighted by molar-refractivity contribution is -0.120. The molecule has 0 saturated carbocycles. The van der Waals surface area contributed by atoms with Crippen LogP contribution in [0.5, 0.6) is 0 Å². The summed E-state index contributed by atoms with van der Waals surface area (Å²) in [5.74, 6) is 1.71. The molecule has 172 valence electrons. The van der Waals surface area contributed by atoms with Gasteiger partial charge in [-0.1, -0.05) is 24.6 Å². The van der Waals surface area contributed by atoms with Crippen molar-refractivity contribution < 1.29 is 4.79 Å². The molecule has 0 aliphatic carbocycles. The number of aromatic nitrogens is 3. The topological polar surface area (TPSA) is 74.2 Å². The summed E-state index contributed by atoms with van der Waals surface area (Å²) in [5.41, 5.74) is 4.27. The molecule has 2 aromatic heterocycles. The second-order valence-electron chi connectivity index (χ2n) is 8.94. The van der Waals surface area contributed by atoms with Crippen LogP contribution in [-0.2, 0) is 11.2 Å². The Morgan fingerprint density at radius 2 is 1.97 bits per heavy atom. The van der Waals surface area contributed by atoms with Gasteiger partial charge in [-0.05, 0) is 58.2 Å². The third-order valence-corrected chi connectivity index (χ3v) is 7.56. The number of aryl methyl sites for hydroxylation is 3. The number of hydrogen-bond acceptors (Lipinski definition) is 7. The zero-order valence-electron chi connectivity index (χ0n) is 19.5. The van der Waals surface area contributed by atoms with E-state index in [2.05, 4.69) is 34.3 Å². The van der Waals surface area contributed by atoms with Gasteiger partial charge in [-0.15, -0.1) is 11.3 Å². The Hall–Kier alpha value is -2.84. The maximum absolute atomic E-state index is 13.3. The molecule has 7 nitrogen and oxygen atoms in total.